The third-order valence-electron chi connectivity index (χ3n) is 5.05. The predicted octanol–water partition coefficient (Wildman–Crippen LogP) is 4.23. The SMILES string of the molecule is Cc1ccc(C2=C(Nc3ccc(C)c(C)c3)C(=O)N(CCOC(C)C)C2=O)cc1. The van der Waals surface area contributed by atoms with Crippen LogP contribution in [0.1, 0.15) is 36.1 Å². The lowest BCUT2D eigenvalue weighted by atomic mass is 10.0. The van der Waals surface area contributed by atoms with E-state index < -0.39 is 0 Å². The molecular formula is C24H28N2O3. The van der Waals surface area contributed by atoms with E-state index >= 15 is 0 Å². The van der Waals surface area contributed by atoms with Crippen LogP contribution in [0.25, 0.3) is 5.57 Å². The lowest BCUT2D eigenvalue weighted by molar-refractivity contribution is -0.137. The van der Waals surface area contributed by atoms with E-state index in [1.165, 1.54) is 10.5 Å². The Morgan fingerprint density at radius 3 is 2.24 bits per heavy atom. The minimum atomic E-state index is -0.323. The van der Waals surface area contributed by atoms with Crippen LogP contribution in [0, 0.1) is 20.8 Å². The van der Waals surface area contributed by atoms with E-state index in [0.717, 1.165) is 22.4 Å². The normalized spacial score (nSPS) is 14.3. The average Bonchev–Trinajstić information content (AvgIpc) is 2.89. The van der Waals surface area contributed by atoms with Crippen LogP contribution in [0.5, 0.6) is 0 Å². The number of amides is 2. The maximum Gasteiger partial charge on any atom is 0.278 e. The summed E-state index contributed by atoms with van der Waals surface area (Å²) in [6, 6.07) is 13.6. The Hall–Kier alpha value is -2.92. The Bertz CT molecular complexity index is 959. The molecule has 0 saturated carbocycles. The monoisotopic (exact) mass is 392 g/mol. The van der Waals surface area contributed by atoms with Crippen molar-refractivity contribution in [3.05, 3.63) is 70.4 Å². The molecule has 2 amide bonds. The average molecular weight is 392 g/mol. The van der Waals surface area contributed by atoms with Gasteiger partial charge in [0, 0.05) is 5.69 Å². The first-order valence-corrected chi connectivity index (χ1v) is 9.91. The summed E-state index contributed by atoms with van der Waals surface area (Å²) in [4.78, 5) is 27.5. The van der Waals surface area contributed by atoms with E-state index in [1.54, 1.807) is 0 Å². The van der Waals surface area contributed by atoms with E-state index in [0.29, 0.717) is 17.9 Å². The fraction of sp³-hybridized carbons (Fsp3) is 0.333. The Kier molecular flexibility index (Phi) is 6.18. The van der Waals surface area contributed by atoms with Gasteiger partial charge >= 0.3 is 0 Å². The molecule has 0 bridgehead atoms. The van der Waals surface area contributed by atoms with Crippen LogP contribution in [0.15, 0.2) is 48.2 Å². The molecular weight excluding hydrogens is 364 g/mol. The molecule has 1 heterocycles. The molecule has 0 unspecified atom stereocenters. The molecule has 0 aromatic heterocycles. The number of anilines is 1. The van der Waals surface area contributed by atoms with Crippen molar-refractivity contribution in [3.8, 4) is 0 Å². The van der Waals surface area contributed by atoms with Crippen LogP contribution in [-0.2, 0) is 14.3 Å². The van der Waals surface area contributed by atoms with Gasteiger partial charge in [0.2, 0.25) is 0 Å². The number of imide groups is 1. The number of hydrogen-bond donors (Lipinski definition) is 1. The van der Waals surface area contributed by atoms with E-state index in [9.17, 15) is 9.59 Å². The summed E-state index contributed by atoms with van der Waals surface area (Å²) in [5, 5.41) is 3.21. The topological polar surface area (TPSA) is 58.6 Å². The summed E-state index contributed by atoms with van der Waals surface area (Å²) in [5.41, 5.74) is 5.61. The highest BCUT2D eigenvalue weighted by atomic mass is 16.5. The molecule has 3 rings (SSSR count). The molecule has 0 aliphatic carbocycles. The second-order valence-electron chi connectivity index (χ2n) is 7.72. The van der Waals surface area contributed by atoms with Gasteiger partial charge in [0.1, 0.15) is 5.70 Å². The van der Waals surface area contributed by atoms with Crippen LogP contribution in [-0.4, -0.2) is 36.0 Å². The van der Waals surface area contributed by atoms with Gasteiger partial charge < -0.3 is 10.1 Å². The van der Waals surface area contributed by atoms with Crippen molar-refractivity contribution in [3.63, 3.8) is 0 Å². The lowest BCUT2D eigenvalue weighted by Gasteiger charge is -2.16. The summed E-state index contributed by atoms with van der Waals surface area (Å²) >= 11 is 0. The van der Waals surface area contributed by atoms with E-state index in [-0.39, 0.29) is 24.5 Å². The maximum atomic E-state index is 13.2. The second kappa shape index (κ2) is 8.62. The maximum absolute atomic E-state index is 13.2. The van der Waals surface area contributed by atoms with Gasteiger partial charge in [0.15, 0.2) is 0 Å². The number of aryl methyl sites for hydroxylation is 3. The fourth-order valence-corrected chi connectivity index (χ4v) is 3.23. The van der Waals surface area contributed by atoms with Crippen LogP contribution in [0.2, 0.25) is 0 Å². The lowest BCUT2D eigenvalue weighted by Crippen LogP contribution is -2.35. The molecule has 1 aliphatic rings. The minimum Gasteiger partial charge on any atom is -0.377 e. The van der Waals surface area contributed by atoms with Crippen molar-refractivity contribution in [1.29, 1.82) is 0 Å². The molecule has 0 atom stereocenters. The summed E-state index contributed by atoms with van der Waals surface area (Å²) in [5.74, 6) is -0.617. The van der Waals surface area contributed by atoms with Crippen LogP contribution < -0.4 is 5.32 Å². The van der Waals surface area contributed by atoms with Gasteiger partial charge in [-0.1, -0.05) is 35.9 Å². The molecule has 1 aliphatic heterocycles. The van der Waals surface area contributed by atoms with E-state index in [2.05, 4.69) is 5.32 Å². The van der Waals surface area contributed by atoms with Gasteiger partial charge in [0.05, 0.1) is 24.8 Å². The Morgan fingerprint density at radius 1 is 0.931 bits per heavy atom. The zero-order valence-electron chi connectivity index (χ0n) is 17.7. The number of carbonyl (C=O) groups excluding carboxylic acids is 2. The fourth-order valence-electron chi connectivity index (χ4n) is 3.23. The van der Waals surface area contributed by atoms with Crippen molar-refractivity contribution in [1.82, 2.24) is 4.90 Å². The van der Waals surface area contributed by atoms with Crippen molar-refractivity contribution < 1.29 is 14.3 Å². The molecule has 0 saturated heterocycles. The molecule has 2 aromatic rings. The van der Waals surface area contributed by atoms with Crippen molar-refractivity contribution in [2.75, 3.05) is 18.5 Å². The Balaban J connectivity index is 1.97. The van der Waals surface area contributed by atoms with Gasteiger partial charge in [-0.15, -0.1) is 0 Å². The van der Waals surface area contributed by atoms with Crippen LogP contribution in [0.4, 0.5) is 5.69 Å². The van der Waals surface area contributed by atoms with Crippen molar-refractivity contribution in [2.24, 2.45) is 0 Å². The van der Waals surface area contributed by atoms with E-state index in [1.807, 2.05) is 77.1 Å². The van der Waals surface area contributed by atoms with Crippen molar-refractivity contribution in [2.45, 2.75) is 40.7 Å². The molecule has 152 valence electrons. The first-order chi connectivity index (χ1) is 13.8. The molecule has 0 fully saturated rings. The second-order valence-corrected chi connectivity index (χ2v) is 7.72. The molecule has 5 heteroatoms. The molecule has 1 N–H and O–H groups in total. The summed E-state index contributed by atoms with van der Waals surface area (Å²) in [7, 11) is 0. The number of hydrogen-bond acceptors (Lipinski definition) is 4. The first-order valence-electron chi connectivity index (χ1n) is 9.91. The number of rotatable bonds is 7. The number of nitrogens with one attached hydrogen (secondary N) is 1. The molecule has 5 nitrogen and oxygen atoms in total. The third kappa shape index (κ3) is 4.57. The summed E-state index contributed by atoms with van der Waals surface area (Å²) in [6.07, 6.45) is 0.0421. The summed E-state index contributed by atoms with van der Waals surface area (Å²) < 4.78 is 5.55. The summed E-state index contributed by atoms with van der Waals surface area (Å²) in [6.45, 7) is 10.4. The van der Waals surface area contributed by atoms with Crippen molar-refractivity contribution >= 4 is 23.1 Å². The van der Waals surface area contributed by atoms with Gasteiger partial charge in [-0.2, -0.15) is 0 Å². The Labute approximate surface area is 172 Å². The van der Waals surface area contributed by atoms with Crippen LogP contribution >= 0.6 is 0 Å². The first kappa shape index (κ1) is 20.8. The van der Waals surface area contributed by atoms with Gasteiger partial charge in [0.25, 0.3) is 11.8 Å². The quantitative estimate of drug-likeness (QED) is 0.717. The highest BCUT2D eigenvalue weighted by Gasteiger charge is 2.39. The molecule has 0 radical (unpaired) electrons. The Morgan fingerprint density at radius 2 is 1.62 bits per heavy atom. The smallest absolute Gasteiger partial charge is 0.278 e. The number of carbonyl (C=O) groups is 2. The zero-order chi connectivity index (χ0) is 21.1. The predicted molar refractivity (Wildman–Crippen MR) is 115 cm³/mol. The number of benzene rings is 2. The zero-order valence-corrected chi connectivity index (χ0v) is 17.7. The molecule has 29 heavy (non-hydrogen) atoms. The van der Waals surface area contributed by atoms with E-state index in [4.69, 9.17) is 4.74 Å². The van der Waals surface area contributed by atoms with Gasteiger partial charge in [-0.25, -0.2) is 0 Å². The minimum absolute atomic E-state index is 0.0421. The standard InChI is InChI=1S/C24H28N2O3/c1-15(2)29-13-12-26-23(27)21(19-9-6-16(3)7-10-19)22(24(26)28)25-20-11-8-17(4)18(5)14-20/h6-11,14-15,25H,12-13H2,1-5H3. The van der Waals surface area contributed by atoms with Gasteiger partial charge in [-0.05, 0) is 63.4 Å². The third-order valence-corrected chi connectivity index (χ3v) is 5.05. The highest BCUT2D eigenvalue weighted by Crippen LogP contribution is 2.31. The van der Waals surface area contributed by atoms with Gasteiger partial charge in [-0.3, -0.25) is 14.5 Å². The highest BCUT2D eigenvalue weighted by molar-refractivity contribution is 6.36. The van der Waals surface area contributed by atoms with Crippen LogP contribution in [0.3, 0.4) is 0 Å². The number of nitrogens with zero attached hydrogens (tertiary/aromatic N) is 1. The molecule has 2 aromatic carbocycles. The molecule has 0 spiro atoms. The number of ether oxygens (including phenoxy) is 1. The largest absolute Gasteiger partial charge is 0.377 e.